The molecule has 2 bridgehead atoms. The van der Waals surface area contributed by atoms with Crippen LogP contribution >= 0.6 is 0 Å². The third-order valence-electron chi connectivity index (χ3n) is 5.75. The molecule has 1 aromatic heterocycles. The average molecular weight is 323 g/mol. The van der Waals surface area contributed by atoms with E-state index in [1.54, 1.807) is 0 Å². The van der Waals surface area contributed by atoms with Gasteiger partial charge in [0.15, 0.2) is 0 Å². The van der Waals surface area contributed by atoms with E-state index in [2.05, 4.69) is 10.3 Å². The third kappa shape index (κ3) is 2.86. The van der Waals surface area contributed by atoms with Crippen LogP contribution in [0.25, 0.3) is 11.1 Å². The summed E-state index contributed by atoms with van der Waals surface area (Å²) in [5, 5.41) is 3.34. The molecule has 4 N–H and O–H groups in total. The first-order chi connectivity index (χ1) is 11.7. The minimum atomic E-state index is 0.0347. The molecule has 2 fully saturated rings. The van der Waals surface area contributed by atoms with Crippen molar-refractivity contribution < 1.29 is 4.79 Å². The van der Waals surface area contributed by atoms with Crippen molar-refractivity contribution in [1.29, 1.82) is 0 Å². The van der Waals surface area contributed by atoms with Crippen LogP contribution < -0.4 is 11.1 Å². The molecule has 4 heteroatoms. The molecular weight excluding hydrogens is 298 g/mol. The molecule has 1 heterocycles. The molecule has 0 spiro atoms. The van der Waals surface area contributed by atoms with Crippen molar-refractivity contribution >= 4 is 5.91 Å². The summed E-state index contributed by atoms with van der Waals surface area (Å²) in [5.74, 6) is 1.11. The highest BCUT2D eigenvalue weighted by atomic mass is 16.1. The topological polar surface area (TPSA) is 70.9 Å². The van der Waals surface area contributed by atoms with Crippen molar-refractivity contribution in [2.45, 2.75) is 44.2 Å². The van der Waals surface area contributed by atoms with E-state index in [-0.39, 0.29) is 11.9 Å². The highest BCUT2D eigenvalue weighted by Crippen LogP contribution is 2.40. The summed E-state index contributed by atoms with van der Waals surface area (Å²) in [4.78, 5) is 16.0. The number of H-pyrrole nitrogens is 1. The second kappa shape index (κ2) is 6.44. The fourth-order valence-corrected chi connectivity index (χ4v) is 4.66. The van der Waals surface area contributed by atoms with Crippen LogP contribution in [0.15, 0.2) is 42.7 Å². The predicted octanol–water partition coefficient (Wildman–Crippen LogP) is 3.32. The second-order valence-corrected chi connectivity index (χ2v) is 7.33. The van der Waals surface area contributed by atoms with Crippen LogP contribution in [0.2, 0.25) is 0 Å². The van der Waals surface area contributed by atoms with Gasteiger partial charge in [-0.25, -0.2) is 0 Å². The number of nitrogens with one attached hydrogen (secondary N) is 2. The lowest BCUT2D eigenvalue weighted by molar-refractivity contribution is 0.0756. The number of benzene rings is 1. The van der Waals surface area contributed by atoms with Crippen molar-refractivity contribution in [1.82, 2.24) is 10.3 Å². The van der Waals surface area contributed by atoms with Gasteiger partial charge in [-0.15, -0.1) is 0 Å². The molecule has 2 unspecified atom stereocenters. The van der Waals surface area contributed by atoms with Crippen LogP contribution in [0.5, 0.6) is 0 Å². The van der Waals surface area contributed by atoms with E-state index in [0.29, 0.717) is 17.9 Å². The summed E-state index contributed by atoms with van der Waals surface area (Å²) in [6.07, 6.45) is 9.44. The van der Waals surface area contributed by atoms with Crippen LogP contribution in [0, 0.1) is 11.8 Å². The summed E-state index contributed by atoms with van der Waals surface area (Å²) in [6, 6.07) is 10.6. The third-order valence-corrected chi connectivity index (χ3v) is 5.75. The Labute approximate surface area is 142 Å². The second-order valence-electron chi connectivity index (χ2n) is 7.33. The first kappa shape index (κ1) is 15.5. The Hall–Kier alpha value is -2.07. The number of rotatable bonds is 3. The van der Waals surface area contributed by atoms with Crippen molar-refractivity contribution in [2.24, 2.45) is 17.6 Å². The number of aromatic nitrogens is 1. The molecule has 0 aliphatic heterocycles. The van der Waals surface area contributed by atoms with Crippen LogP contribution in [-0.2, 0) is 0 Å². The van der Waals surface area contributed by atoms with Gasteiger partial charge in [-0.05, 0) is 43.1 Å². The molecule has 1 amide bonds. The Kier molecular flexibility index (Phi) is 4.15. The Morgan fingerprint density at radius 2 is 1.79 bits per heavy atom. The molecule has 2 aliphatic carbocycles. The Bertz CT molecular complexity index is 695. The number of carbonyl (C=O) groups is 1. The largest absolute Gasteiger partial charge is 0.366 e. The summed E-state index contributed by atoms with van der Waals surface area (Å²) < 4.78 is 0. The van der Waals surface area contributed by atoms with Gasteiger partial charge in [-0.3, -0.25) is 4.79 Å². The standard InChI is InChI=1S/C20H25N3O/c21-16-9-14-7-4-8-15(10-16)19(14)23-20(24)18-12-22-11-17(18)13-5-2-1-3-6-13/h1-3,5-6,11-12,14-16,19,22H,4,7-10,21H2,(H,23,24). The van der Waals surface area contributed by atoms with Gasteiger partial charge >= 0.3 is 0 Å². The maximum absolute atomic E-state index is 12.9. The van der Waals surface area contributed by atoms with Gasteiger partial charge in [0, 0.05) is 30.0 Å². The normalized spacial score (nSPS) is 29.2. The smallest absolute Gasteiger partial charge is 0.253 e. The Morgan fingerprint density at radius 3 is 2.50 bits per heavy atom. The van der Waals surface area contributed by atoms with Crippen LogP contribution in [0.1, 0.15) is 42.5 Å². The maximum Gasteiger partial charge on any atom is 0.253 e. The van der Waals surface area contributed by atoms with E-state index >= 15 is 0 Å². The molecule has 126 valence electrons. The van der Waals surface area contributed by atoms with Gasteiger partial charge in [-0.2, -0.15) is 0 Å². The summed E-state index contributed by atoms with van der Waals surface area (Å²) >= 11 is 0. The monoisotopic (exact) mass is 323 g/mol. The minimum Gasteiger partial charge on any atom is -0.366 e. The van der Waals surface area contributed by atoms with Gasteiger partial charge in [0.05, 0.1) is 5.56 Å². The average Bonchev–Trinajstić information content (AvgIpc) is 3.06. The molecule has 2 saturated carbocycles. The van der Waals surface area contributed by atoms with Crippen molar-refractivity contribution in [3.05, 3.63) is 48.3 Å². The van der Waals surface area contributed by atoms with Crippen molar-refractivity contribution in [3.63, 3.8) is 0 Å². The summed E-state index contributed by atoms with van der Waals surface area (Å²) in [5.41, 5.74) is 8.95. The first-order valence-electron chi connectivity index (χ1n) is 9.01. The maximum atomic E-state index is 12.9. The number of hydrogen-bond acceptors (Lipinski definition) is 2. The van der Waals surface area contributed by atoms with Crippen LogP contribution in [-0.4, -0.2) is 23.0 Å². The molecule has 4 nitrogen and oxygen atoms in total. The van der Waals surface area contributed by atoms with Gasteiger partial charge < -0.3 is 16.0 Å². The lowest BCUT2D eigenvalue weighted by Crippen LogP contribution is -2.53. The molecule has 1 aromatic carbocycles. The molecule has 24 heavy (non-hydrogen) atoms. The van der Waals surface area contributed by atoms with Crippen LogP contribution in [0.4, 0.5) is 0 Å². The Morgan fingerprint density at radius 1 is 1.08 bits per heavy atom. The molecular formula is C20H25N3O. The van der Waals surface area contributed by atoms with E-state index in [4.69, 9.17) is 5.73 Å². The zero-order chi connectivity index (χ0) is 16.5. The van der Waals surface area contributed by atoms with E-state index in [1.807, 2.05) is 42.7 Å². The number of amides is 1. The van der Waals surface area contributed by atoms with E-state index in [0.717, 1.165) is 29.5 Å². The molecule has 0 saturated heterocycles. The number of aromatic amines is 1. The quantitative estimate of drug-likeness (QED) is 0.811. The van der Waals surface area contributed by atoms with E-state index < -0.39 is 0 Å². The van der Waals surface area contributed by atoms with Crippen molar-refractivity contribution in [3.8, 4) is 11.1 Å². The minimum absolute atomic E-state index is 0.0347. The number of carbonyl (C=O) groups excluding carboxylic acids is 1. The van der Waals surface area contributed by atoms with Crippen molar-refractivity contribution in [2.75, 3.05) is 0 Å². The highest BCUT2D eigenvalue weighted by molar-refractivity contribution is 6.01. The molecule has 0 radical (unpaired) electrons. The van der Waals surface area contributed by atoms with E-state index in [9.17, 15) is 4.79 Å². The van der Waals surface area contributed by atoms with Gasteiger partial charge in [-0.1, -0.05) is 36.8 Å². The fraction of sp³-hybridized carbons (Fsp3) is 0.450. The lowest BCUT2D eigenvalue weighted by Gasteiger charge is -2.45. The molecule has 2 aliphatic rings. The highest BCUT2D eigenvalue weighted by Gasteiger charge is 2.40. The number of hydrogen-bond donors (Lipinski definition) is 3. The Balaban J connectivity index is 1.54. The van der Waals surface area contributed by atoms with E-state index in [1.165, 1.54) is 19.3 Å². The lowest BCUT2D eigenvalue weighted by atomic mass is 9.67. The van der Waals surface area contributed by atoms with Gasteiger partial charge in [0.2, 0.25) is 0 Å². The van der Waals surface area contributed by atoms with Gasteiger partial charge in [0.1, 0.15) is 0 Å². The predicted molar refractivity (Wildman–Crippen MR) is 95.5 cm³/mol. The SMILES string of the molecule is NC1CC2CCCC(C1)C2NC(=O)c1c[nH]cc1-c1ccccc1. The zero-order valence-electron chi connectivity index (χ0n) is 13.9. The summed E-state index contributed by atoms with van der Waals surface area (Å²) in [6.45, 7) is 0. The molecule has 2 aromatic rings. The molecule has 4 rings (SSSR count). The number of nitrogens with two attached hydrogens (primary N) is 1. The van der Waals surface area contributed by atoms with Crippen LogP contribution in [0.3, 0.4) is 0 Å². The zero-order valence-corrected chi connectivity index (χ0v) is 13.9. The van der Waals surface area contributed by atoms with Gasteiger partial charge in [0.25, 0.3) is 5.91 Å². The molecule has 2 atom stereocenters. The number of fused-ring (bicyclic) bond motifs is 2. The fourth-order valence-electron chi connectivity index (χ4n) is 4.66. The summed E-state index contributed by atoms with van der Waals surface area (Å²) in [7, 11) is 0. The first-order valence-corrected chi connectivity index (χ1v) is 9.01.